The van der Waals surface area contributed by atoms with Crippen LogP contribution in [0.5, 0.6) is 0 Å². The van der Waals surface area contributed by atoms with E-state index in [1.807, 2.05) is 121 Å². The van der Waals surface area contributed by atoms with Gasteiger partial charge in [0.2, 0.25) is 0 Å². The lowest BCUT2D eigenvalue weighted by atomic mass is 9.88. The Morgan fingerprint density at radius 3 is 1.56 bits per heavy atom. The second-order valence-electron chi connectivity index (χ2n) is 10.2. The molecule has 0 aromatic heterocycles. The smallest absolute Gasteiger partial charge is 0.335 e. The molecule has 9 nitrogen and oxygen atoms in total. The molecule has 43 heavy (non-hydrogen) atoms. The average Bonchev–Trinajstić information content (AvgIpc) is 3.06. The molecule has 1 N–H and O–H groups in total. The summed E-state index contributed by atoms with van der Waals surface area (Å²) >= 11 is 0. The zero-order valence-corrected chi connectivity index (χ0v) is 23.5. The highest BCUT2D eigenvalue weighted by Gasteiger charge is 2.53. The molecule has 1 aliphatic heterocycles. The molecule has 9 heteroatoms. The molecule has 0 radical (unpaired) electrons. The number of aliphatic carboxylic acids is 1. The van der Waals surface area contributed by atoms with Crippen molar-refractivity contribution in [1.82, 2.24) is 0 Å². The maximum Gasteiger partial charge on any atom is 0.335 e. The van der Waals surface area contributed by atoms with Crippen LogP contribution in [0.1, 0.15) is 28.3 Å². The first-order chi connectivity index (χ1) is 21.1. The number of benzene rings is 4. The van der Waals surface area contributed by atoms with Gasteiger partial charge >= 0.3 is 5.97 Å². The van der Waals surface area contributed by atoms with Crippen molar-refractivity contribution in [3.63, 3.8) is 0 Å². The zero-order chi connectivity index (χ0) is 29.9. The Balaban J connectivity index is 1.55. The van der Waals surface area contributed by atoms with E-state index in [0.29, 0.717) is 5.56 Å². The third kappa shape index (κ3) is 7.87. The summed E-state index contributed by atoms with van der Waals surface area (Å²) in [6.45, 7) is 0.508. The minimum atomic E-state index is -1.42. The van der Waals surface area contributed by atoms with Crippen molar-refractivity contribution >= 4 is 5.97 Å². The summed E-state index contributed by atoms with van der Waals surface area (Å²) in [4.78, 5) is 15.8. The van der Waals surface area contributed by atoms with E-state index in [1.165, 1.54) is 0 Å². The van der Waals surface area contributed by atoms with Crippen LogP contribution in [0.2, 0.25) is 0 Å². The number of nitrogens with zero attached hydrogens (tertiary/aromatic N) is 3. The molecule has 1 fully saturated rings. The molecule has 4 aromatic carbocycles. The topological polar surface area (TPSA) is 123 Å². The molecule has 0 aliphatic carbocycles. The van der Waals surface area contributed by atoms with Crippen molar-refractivity contribution < 1.29 is 28.8 Å². The fraction of sp³-hybridized carbons (Fsp3) is 0.265. The largest absolute Gasteiger partial charge is 0.479 e. The molecule has 0 unspecified atom stereocenters. The summed E-state index contributed by atoms with van der Waals surface area (Å²) in [6, 6.07) is 36.9. The Labute approximate surface area is 250 Å². The molecule has 5 rings (SSSR count). The van der Waals surface area contributed by atoms with E-state index in [4.69, 9.17) is 18.9 Å². The Hall–Kier alpha value is -4.50. The van der Waals surface area contributed by atoms with Crippen molar-refractivity contribution in [3.05, 3.63) is 154 Å². The van der Waals surface area contributed by atoms with Crippen LogP contribution >= 0.6 is 0 Å². The van der Waals surface area contributed by atoms with Gasteiger partial charge < -0.3 is 24.1 Å². The predicted octanol–water partition coefficient (Wildman–Crippen LogP) is 6.65. The number of carboxylic acids is 1. The average molecular weight is 580 g/mol. The van der Waals surface area contributed by atoms with Crippen LogP contribution in [0.25, 0.3) is 10.4 Å². The highest BCUT2D eigenvalue weighted by molar-refractivity contribution is 5.73. The Kier molecular flexibility index (Phi) is 10.5. The van der Waals surface area contributed by atoms with Gasteiger partial charge in [0.25, 0.3) is 0 Å². The van der Waals surface area contributed by atoms with Crippen molar-refractivity contribution in [1.29, 1.82) is 0 Å². The van der Waals surface area contributed by atoms with E-state index >= 15 is 0 Å². The minimum Gasteiger partial charge on any atom is -0.479 e. The first-order valence-corrected chi connectivity index (χ1v) is 14.1. The van der Waals surface area contributed by atoms with E-state index in [-0.39, 0.29) is 19.8 Å². The van der Waals surface area contributed by atoms with Gasteiger partial charge in [0.15, 0.2) is 6.10 Å². The van der Waals surface area contributed by atoms with Crippen LogP contribution in [0, 0.1) is 0 Å². The highest BCUT2D eigenvalue weighted by atomic mass is 16.6. The molecular weight excluding hydrogens is 546 g/mol. The molecule has 6 atom stereocenters. The summed E-state index contributed by atoms with van der Waals surface area (Å²) in [5.74, 6) is -1.22. The van der Waals surface area contributed by atoms with Gasteiger partial charge in [-0.15, -0.1) is 0 Å². The minimum absolute atomic E-state index is 0.137. The SMILES string of the molecule is [N-]=[N+]=N[C@@H](c1ccccc1)[C@@H]1O[C@H](C(=O)O)[C@@H](OCc2ccccc2)[C@H](OCc2ccccc2)[C@H]1OCc1ccccc1. The number of rotatable bonds is 13. The summed E-state index contributed by atoms with van der Waals surface area (Å²) < 4.78 is 25.7. The fourth-order valence-electron chi connectivity index (χ4n) is 5.21. The fourth-order valence-corrected chi connectivity index (χ4v) is 5.21. The molecular formula is C34H33N3O6. The van der Waals surface area contributed by atoms with E-state index in [0.717, 1.165) is 16.7 Å². The Morgan fingerprint density at radius 1 is 0.698 bits per heavy atom. The molecule has 0 saturated carbocycles. The molecule has 1 saturated heterocycles. The van der Waals surface area contributed by atoms with Gasteiger partial charge in [-0.25, -0.2) is 4.79 Å². The predicted molar refractivity (Wildman–Crippen MR) is 160 cm³/mol. The second-order valence-corrected chi connectivity index (χ2v) is 10.2. The van der Waals surface area contributed by atoms with E-state index < -0.39 is 42.5 Å². The normalized spacial score (nSPS) is 22.3. The third-order valence-corrected chi connectivity index (χ3v) is 7.30. The Morgan fingerprint density at radius 2 is 1.12 bits per heavy atom. The lowest BCUT2D eigenvalue weighted by Crippen LogP contribution is -2.63. The number of carbonyl (C=O) groups is 1. The van der Waals surface area contributed by atoms with Gasteiger partial charge in [0, 0.05) is 4.91 Å². The van der Waals surface area contributed by atoms with Crippen LogP contribution in [0.4, 0.5) is 0 Å². The van der Waals surface area contributed by atoms with Gasteiger partial charge in [-0.05, 0) is 27.8 Å². The summed E-state index contributed by atoms with van der Waals surface area (Å²) in [5, 5.41) is 14.5. The van der Waals surface area contributed by atoms with E-state index in [2.05, 4.69) is 10.0 Å². The van der Waals surface area contributed by atoms with Crippen molar-refractivity contribution in [3.8, 4) is 0 Å². The van der Waals surface area contributed by atoms with Crippen LogP contribution in [0.3, 0.4) is 0 Å². The van der Waals surface area contributed by atoms with Gasteiger partial charge in [0.05, 0.1) is 25.9 Å². The van der Waals surface area contributed by atoms with Gasteiger partial charge in [-0.1, -0.05) is 126 Å². The summed E-state index contributed by atoms with van der Waals surface area (Å²) in [7, 11) is 0. The van der Waals surface area contributed by atoms with Crippen LogP contribution in [-0.2, 0) is 43.6 Å². The third-order valence-electron chi connectivity index (χ3n) is 7.30. The van der Waals surface area contributed by atoms with Gasteiger partial charge in [-0.3, -0.25) is 0 Å². The monoisotopic (exact) mass is 579 g/mol. The number of carboxylic acid groups (broad SMARTS) is 1. The zero-order valence-electron chi connectivity index (χ0n) is 23.5. The van der Waals surface area contributed by atoms with Gasteiger partial charge in [0.1, 0.15) is 24.4 Å². The maximum absolute atomic E-state index is 12.7. The van der Waals surface area contributed by atoms with Crippen LogP contribution in [-0.4, -0.2) is 41.6 Å². The second kappa shape index (κ2) is 15.1. The number of azide groups is 1. The molecule has 0 spiro atoms. The Bertz CT molecular complexity index is 1470. The van der Waals surface area contributed by atoms with Crippen molar-refractivity contribution in [2.24, 2.45) is 5.11 Å². The first-order valence-electron chi connectivity index (χ1n) is 14.1. The standard InChI is InChI=1S/C34H33N3O6/c35-37-36-28(27-19-11-4-12-20-27)29-30(40-21-24-13-5-1-6-14-24)31(41-22-25-15-7-2-8-16-25)32(33(43-29)34(38)39)42-23-26-17-9-3-10-18-26/h1-20,28-33H,21-23H2,(H,38,39)/t28-,29-,30-,31+,32-,33-/m0/s1. The van der Waals surface area contributed by atoms with E-state index in [1.54, 1.807) is 0 Å². The first kappa shape index (κ1) is 30.0. The molecule has 4 aromatic rings. The molecule has 1 aliphatic rings. The quantitative estimate of drug-likeness (QED) is 0.108. The van der Waals surface area contributed by atoms with Crippen molar-refractivity contribution in [2.45, 2.75) is 56.4 Å². The van der Waals surface area contributed by atoms with Crippen LogP contribution < -0.4 is 0 Å². The number of hydrogen-bond donors (Lipinski definition) is 1. The summed E-state index contributed by atoms with van der Waals surface area (Å²) in [6.07, 6.45) is -5.23. The van der Waals surface area contributed by atoms with Crippen LogP contribution in [0.15, 0.2) is 126 Å². The van der Waals surface area contributed by atoms with E-state index in [9.17, 15) is 15.4 Å². The lowest BCUT2D eigenvalue weighted by Gasteiger charge is -2.46. The lowest BCUT2D eigenvalue weighted by molar-refractivity contribution is -0.268. The molecule has 0 bridgehead atoms. The summed E-state index contributed by atoms with van der Waals surface area (Å²) in [5.41, 5.74) is 12.9. The number of ether oxygens (including phenoxy) is 4. The maximum atomic E-state index is 12.7. The molecule has 0 amide bonds. The highest BCUT2D eigenvalue weighted by Crippen LogP contribution is 2.38. The van der Waals surface area contributed by atoms with Gasteiger partial charge in [-0.2, -0.15) is 0 Å². The molecule has 220 valence electrons. The number of hydrogen-bond acceptors (Lipinski definition) is 6. The molecule has 1 heterocycles. The van der Waals surface area contributed by atoms with Crippen molar-refractivity contribution in [2.75, 3.05) is 0 Å².